The zero-order valence-corrected chi connectivity index (χ0v) is 16.4. The first-order valence-corrected chi connectivity index (χ1v) is 10.2. The number of halogens is 1. The highest BCUT2D eigenvalue weighted by Gasteiger charge is 2.48. The number of dihydropyridines is 1. The summed E-state index contributed by atoms with van der Waals surface area (Å²) in [5.41, 5.74) is -0.324. The fourth-order valence-electron chi connectivity index (χ4n) is 2.95. The van der Waals surface area contributed by atoms with E-state index < -0.39 is 26.7 Å². The molecular weight excluding hydrogens is 378 g/mol. The highest BCUT2D eigenvalue weighted by Crippen LogP contribution is 2.43. The van der Waals surface area contributed by atoms with Crippen LogP contribution in [0.15, 0.2) is 35.3 Å². The van der Waals surface area contributed by atoms with Crippen LogP contribution in [-0.4, -0.2) is 43.4 Å². The van der Waals surface area contributed by atoms with Crippen LogP contribution < -0.4 is 14.4 Å². The first-order valence-electron chi connectivity index (χ1n) is 7.95. The van der Waals surface area contributed by atoms with E-state index in [0.717, 1.165) is 6.26 Å². The number of fused-ring (bicyclic) bond motifs is 1. The van der Waals surface area contributed by atoms with Gasteiger partial charge in [-0.15, -0.1) is 11.6 Å². The fourth-order valence-corrected chi connectivity index (χ4v) is 3.73. The van der Waals surface area contributed by atoms with E-state index in [1.807, 2.05) is 0 Å². The number of nitrogens with one attached hydrogen (secondary N) is 1. The molecule has 0 radical (unpaired) electrons. The monoisotopic (exact) mass is 397 g/mol. The Morgan fingerprint density at radius 1 is 1.31 bits per heavy atom. The van der Waals surface area contributed by atoms with E-state index in [1.165, 1.54) is 4.90 Å². The maximum absolute atomic E-state index is 13.0. The topological polar surface area (TPSA) is 88.1 Å². The number of sulfonamides is 1. The summed E-state index contributed by atoms with van der Waals surface area (Å²) in [6.07, 6.45) is 5.52. The molecule has 1 aromatic rings. The lowest BCUT2D eigenvalue weighted by Gasteiger charge is -2.44. The summed E-state index contributed by atoms with van der Waals surface area (Å²) >= 11 is 6.59. The standard InChI is InChI=1S/C17H20ClN3O4S/c1-16(2)15(22)21(14-17(3,18)8-5-9-19-14)12-7-6-11(10-13(12)25-16)20-26(4,23)24/h5-10,14,20H,1-4H3. The molecule has 2 aliphatic heterocycles. The van der Waals surface area contributed by atoms with Crippen molar-refractivity contribution in [2.75, 3.05) is 15.9 Å². The van der Waals surface area contributed by atoms with Crippen LogP contribution in [0.2, 0.25) is 0 Å². The summed E-state index contributed by atoms with van der Waals surface area (Å²) in [6, 6.07) is 4.73. The van der Waals surface area contributed by atoms with Crippen molar-refractivity contribution < 1.29 is 17.9 Å². The molecule has 0 bridgehead atoms. The third-order valence-electron chi connectivity index (χ3n) is 4.11. The molecular formula is C17H20ClN3O4S. The van der Waals surface area contributed by atoms with Crippen LogP contribution in [0.25, 0.3) is 0 Å². The minimum Gasteiger partial charge on any atom is -0.476 e. The fraction of sp³-hybridized carbons (Fsp3) is 0.412. The summed E-state index contributed by atoms with van der Waals surface area (Å²) in [5, 5.41) is 0. The van der Waals surface area contributed by atoms with E-state index in [-0.39, 0.29) is 5.91 Å². The normalized spacial score (nSPS) is 27.0. The van der Waals surface area contributed by atoms with Crippen LogP contribution in [0.4, 0.5) is 11.4 Å². The molecule has 1 aromatic carbocycles. The van der Waals surface area contributed by atoms with Crippen LogP contribution in [0, 0.1) is 0 Å². The average molecular weight is 398 g/mol. The van der Waals surface area contributed by atoms with E-state index in [4.69, 9.17) is 16.3 Å². The molecule has 0 saturated heterocycles. The molecule has 26 heavy (non-hydrogen) atoms. The number of amides is 1. The van der Waals surface area contributed by atoms with Gasteiger partial charge in [0.1, 0.15) is 10.6 Å². The van der Waals surface area contributed by atoms with Crippen molar-refractivity contribution in [3.8, 4) is 5.75 Å². The number of carbonyl (C=O) groups is 1. The van der Waals surface area contributed by atoms with Gasteiger partial charge in [0.05, 0.1) is 17.6 Å². The van der Waals surface area contributed by atoms with Gasteiger partial charge >= 0.3 is 0 Å². The first-order chi connectivity index (χ1) is 11.9. The van der Waals surface area contributed by atoms with Gasteiger partial charge in [0.2, 0.25) is 10.0 Å². The van der Waals surface area contributed by atoms with Crippen molar-refractivity contribution in [2.24, 2.45) is 4.99 Å². The second-order valence-corrected chi connectivity index (χ2v) is 9.59. The van der Waals surface area contributed by atoms with E-state index >= 15 is 0 Å². The lowest BCUT2D eigenvalue weighted by Crippen LogP contribution is -2.59. The number of aliphatic imine (C=N–C) groups is 1. The third kappa shape index (κ3) is 3.43. The second kappa shape index (κ2) is 5.99. The van der Waals surface area contributed by atoms with Gasteiger partial charge in [0, 0.05) is 12.3 Å². The Bertz CT molecular complexity index is 922. The highest BCUT2D eigenvalue weighted by atomic mass is 35.5. The SMILES string of the molecule is CC1(C)Oc2cc(NS(C)(=O)=O)ccc2N(C2N=CC=CC2(C)Cl)C1=O. The third-order valence-corrected chi connectivity index (χ3v) is 5.03. The number of carbonyl (C=O) groups excluding carboxylic acids is 1. The Kier molecular flexibility index (Phi) is 4.31. The zero-order valence-electron chi connectivity index (χ0n) is 14.9. The molecule has 2 atom stereocenters. The largest absolute Gasteiger partial charge is 0.476 e. The molecule has 1 N–H and O–H groups in total. The van der Waals surface area contributed by atoms with Gasteiger partial charge in [0.15, 0.2) is 11.8 Å². The number of alkyl halides is 1. The summed E-state index contributed by atoms with van der Waals surface area (Å²) in [7, 11) is -3.44. The van der Waals surface area contributed by atoms with Crippen molar-refractivity contribution in [3.05, 3.63) is 30.4 Å². The minimum atomic E-state index is -3.44. The number of hydrogen-bond donors (Lipinski definition) is 1. The van der Waals surface area contributed by atoms with Crippen LogP contribution in [0.5, 0.6) is 5.75 Å². The van der Waals surface area contributed by atoms with Crippen molar-refractivity contribution in [1.29, 1.82) is 0 Å². The van der Waals surface area contributed by atoms with Crippen molar-refractivity contribution in [1.82, 2.24) is 0 Å². The molecule has 0 spiro atoms. The quantitative estimate of drug-likeness (QED) is 0.794. The molecule has 0 saturated carbocycles. The Balaban J connectivity index is 2.11. The Morgan fingerprint density at radius 2 is 2.00 bits per heavy atom. The smallest absolute Gasteiger partial charge is 0.272 e. The van der Waals surface area contributed by atoms with Crippen LogP contribution in [0.1, 0.15) is 20.8 Å². The highest BCUT2D eigenvalue weighted by molar-refractivity contribution is 7.92. The first kappa shape index (κ1) is 18.7. The predicted molar refractivity (Wildman–Crippen MR) is 103 cm³/mol. The number of anilines is 2. The van der Waals surface area contributed by atoms with Gasteiger partial charge in [0.25, 0.3) is 5.91 Å². The van der Waals surface area contributed by atoms with Gasteiger partial charge in [-0.1, -0.05) is 6.08 Å². The summed E-state index contributed by atoms with van der Waals surface area (Å²) in [4.78, 5) is 18.1. The number of nitrogens with zero attached hydrogens (tertiary/aromatic N) is 2. The number of benzene rings is 1. The molecule has 2 unspecified atom stereocenters. The molecule has 2 heterocycles. The van der Waals surface area contributed by atoms with E-state index in [0.29, 0.717) is 17.1 Å². The maximum atomic E-state index is 13.0. The minimum absolute atomic E-state index is 0.279. The molecule has 3 rings (SSSR count). The second-order valence-electron chi connectivity index (χ2n) is 7.03. The number of ether oxygens (including phenoxy) is 1. The van der Waals surface area contributed by atoms with Gasteiger partial charge in [-0.05, 0) is 39.0 Å². The van der Waals surface area contributed by atoms with Gasteiger partial charge in [-0.2, -0.15) is 0 Å². The molecule has 0 fully saturated rings. The molecule has 0 aliphatic carbocycles. The van der Waals surface area contributed by atoms with Crippen molar-refractivity contribution >= 4 is 45.1 Å². The molecule has 2 aliphatic rings. The van der Waals surface area contributed by atoms with Gasteiger partial charge < -0.3 is 4.74 Å². The van der Waals surface area contributed by atoms with Gasteiger partial charge in [-0.3, -0.25) is 19.4 Å². The van der Waals surface area contributed by atoms with Crippen molar-refractivity contribution in [3.63, 3.8) is 0 Å². The predicted octanol–water partition coefficient (Wildman–Crippen LogP) is 2.53. The summed E-state index contributed by atoms with van der Waals surface area (Å²) in [5.74, 6) is 0.0959. The van der Waals surface area contributed by atoms with Gasteiger partial charge in [-0.25, -0.2) is 8.42 Å². The van der Waals surface area contributed by atoms with Crippen LogP contribution >= 0.6 is 11.6 Å². The maximum Gasteiger partial charge on any atom is 0.272 e. The molecule has 9 heteroatoms. The number of allylic oxidation sites excluding steroid dienone is 1. The van der Waals surface area contributed by atoms with Crippen LogP contribution in [0.3, 0.4) is 0 Å². The number of rotatable bonds is 3. The number of hydrogen-bond acceptors (Lipinski definition) is 5. The zero-order chi connectivity index (χ0) is 19.3. The lowest BCUT2D eigenvalue weighted by atomic mass is 9.97. The molecule has 140 valence electrons. The van der Waals surface area contributed by atoms with E-state index in [2.05, 4.69) is 9.71 Å². The Labute approximate surface area is 157 Å². The average Bonchev–Trinajstić information content (AvgIpc) is 2.47. The molecule has 7 nitrogen and oxygen atoms in total. The molecule has 1 amide bonds. The van der Waals surface area contributed by atoms with E-state index in [1.54, 1.807) is 57.3 Å². The summed E-state index contributed by atoms with van der Waals surface area (Å²) in [6.45, 7) is 5.08. The van der Waals surface area contributed by atoms with E-state index in [9.17, 15) is 13.2 Å². The van der Waals surface area contributed by atoms with Crippen molar-refractivity contribution in [2.45, 2.75) is 37.4 Å². The Morgan fingerprint density at radius 3 is 2.62 bits per heavy atom. The molecule has 0 aromatic heterocycles. The Hall–Kier alpha value is -2.06. The summed E-state index contributed by atoms with van der Waals surface area (Å²) < 4.78 is 31.2. The van der Waals surface area contributed by atoms with Crippen LogP contribution in [-0.2, 0) is 14.8 Å². The lowest BCUT2D eigenvalue weighted by molar-refractivity contribution is -0.133.